The first kappa shape index (κ1) is 16.8. The van der Waals surface area contributed by atoms with Crippen LogP contribution in [0.5, 0.6) is 5.75 Å². The number of halogens is 3. The third kappa shape index (κ3) is 5.02. The number of carbonyl (C=O) groups excluding carboxylic acids is 1. The van der Waals surface area contributed by atoms with E-state index >= 15 is 0 Å². The molecule has 7 heteroatoms. The van der Waals surface area contributed by atoms with E-state index in [0.717, 1.165) is 25.9 Å². The second kappa shape index (κ2) is 8.17. The third-order valence-electron chi connectivity index (χ3n) is 3.55. The number of hydrogen-bond acceptors (Lipinski definition) is 3. The Morgan fingerprint density at radius 1 is 1.27 bits per heavy atom. The molecule has 1 heterocycles. The van der Waals surface area contributed by atoms with Gasteiger partial charge in [0.2, 0.25) is 5.91 Å². The lowest BCUT2D eigenvalue weighted by Crippen LogP contribution is -2.36. The zero-order valence-electron chi connectivity index (χ0n) is 12.2. The SMILES string of the molecule is O=C(CNc1ccc(OC(F)F)c(Cl)c1)N1CCCCCC1. The van der Waals surface area contributed by atoms with Gasteiger partial charge in [0.1, 0.15) is 5.75 Å². The molecule has 1 aromatic rings. The van der Waals surface area contributed by atoms with Crippen LogP contribution in [0.3, 0.4) is 0 Å². The number of anilines is 1. The van der Waals surface area contributed by atoms with Gasteiger partial charge in [-0.2, -0.15) is 8.78 Å². The highest BCUT2D eigenvalue weighted by atomic mass is 35.5. The summed E-state index contributed by atoms with van der Waals surface area (Å²) in [4.78, 5) is 14.0. The average molecular weight is 333 g/mol. The lowest BCUT2D eigenvalue weighted by Gasteiger charge is -2.20. The molecule has 0 saturated carbocycles. The standard InChI is InChI=1S/C15H19ClF2N2O2/c16-12-9-11(5-6-13(12)22-15(17)18)19-10-14(21)20-7-3-1-2-4-8-20/h5-6,9,15,19H,1-4,7-8,10H2. The highest BCUT2D eigenvalue weighted by molar-refractivity contribution is 6.32. The minimum atomic E-state index is -2.92. The van der Waals surface area contributed by atoms with Crippen molar-refractivity contribution in [3.63, 3.8) is 0 Å². The van der Waals surface area contributed by atoms with E-state index in [1.165, 1.54) is 25.0 Å². The van der Waals surface area contributed by atoms with E-state index < -0.39 is 6.61 Å². The van der Waals surface area contributed by atoms with Crippen molar-refractivity contribution in [3.8, 4) is 5.75 Å². The van der Waals surface area contributed by atoms with Gasteiger partial charge in [0.25, 0.3) is 0 Å². The van der Waals surface area contributed by atoms with Crippen molar-refractivity contribution in [1.29, 1.82) is 0 Å². The largest absolute Gasteiger partial charge is 0.433 e. The number of likely N-dealkylation sites (tertiary alicyclic amines) is 1. The molecule has 0 bridgehead atoms. The molecule has 1 aromatic carbocycles. The predicted octanol–water partition coefficient (Wildman–Crippen LogP) is 3.76. The quantitative estimate of drug-likeness (QED) is 0.892. The van der Waals surface area contributed by atoms with Crippen LogP contribution >= 0.6 is 11.6 Å². The van der Waals surface area contributed by atoms with Crippen LogP contribution in [0.4, 0.5) is 14.5 Å². The van der Waals surface area contributed by atoms with Crippen LogP contribution in [-0.4, -0.2) is 37.1 Å². The van der Waals surface area contributed by atoms with Crippen molar-refractivity contribution in [2.24, 2.45) is 0 Å². The summed E-state index contributed by atoms with van der Waals surface area (Å²) < 4.78 is 28.6. The molecule has 0 atom stereocenters. The fraction of sp³-hybridized carbons (Fsp3) is 0.533. The molecule has 0 unspecified atom stereocenters. The number of hydrogen-bond donors (Lipinski definition) is 1. The number of rotatable bonds is 5. The first-order valence-electron chi connectivity index (χ1n) is 7.32. The minimum absolute atomic E-state index is 0.0333. The zero-order valence-corrected chi connectivity index (χ0v) is 12.9. The number of ether oxygens (including phenoxy) is 1. The smallest absolute Gasteiger partial charge is 0.387 e. The van der Waals surface area contributed by atoms with Gasteiger partial charge in [0, 0.05) is 18.8 Å². The van der Waals surface area contributed by atoms with E-state index in [4.69, 9.17) is 11.6 Å². The van der Waals surface area contributed by atoms with Crippen molar-refractivity contribution in [2.75, 3.05) is 25.0 Å². The molecule has 1 aliphatic rings. The summed E-state index contributed by atoms with van der Waals surface area (Å²) >= 11 is 5.87. The van der Waals surface area contributed by atoms with Gasteiger partial charge in [-0.05, 0) is 31.0 Å². The summed E-state index contributed by atoms with van der Waals surface area (Å²) in [5.74, 6) is -0.0491. The van der Waals surface area contributed by atoms with Crippen LogP contribution in [0.15, 0.2) is 18.2 Å². The molecule has 0 aromatic heterocycles. The molecule has 122 valence electrons. The van der Waals surface area contributed by atoms with Gasteiger partial charge in [-0.1, -0.05) is 24.4 Å². The number of amides is 1. The first-order valence-corrected chi connectivity index (χ1v) is 7.70. The third-order valence-corrected chi connectivity index (χ3v) is 3.85. The van der Waals surface area contributed by atoms with Gasteiger partial charge < -0.3 is 15.0 Å². The Balaban J connectivity index is 1.88. The molecular weight excluding hydrogens is 314 g/mol. The first-order chi connectivity index (χ1) is 10.6. The maximum absolute atomic E-state index is 12.1. The van der Waals surface area contributed by atoms with E-state index in [-0.39, 0.29) is 23.2 Å². The monoisotopic (exact) mass is 332 g/mol. The molecule has 22 heavy (non-hydrogen) atoms. The molecule has 0 spiro atoms. The van der Waals surface area contributed by atoms with Gasteiger partial charge in [0.15, 0.2) is 0 Å². The fourth-order valence-corrected chi connectivity index (χ4v) is 2.64. The number of nitrogens with zero attached hydrogens (tertiary/aromatic N) is 1. The molecule has 0 aliphatic carbocycles. The Hall–Kier alpha value is -1.56. The minimum Gasteiger partial charge on any atom is -0.433 e. The second-order valence-corrected chi connectivity index (χ2v) is 5.58. The van der Waals surface area contributed by atoms with Crippen molar-refractivity contribution < 1.29 is 18.3 Å². The molecular formula is C15H19ClF2N2O2. The lowest BCUT2D eigenvalue weighted by molar-refractivity contribution is -0.129. The Morgan fingerprint density at radius 3 is 2.55 bits per heavy atom. The van der Waals surface area contributed by atoms with Gasteiger partial charge >= 0.3 is 6.61 Å². The summed E-state index contributed by atoms with van der Waals surface area (Å²) in [5, 5.41) is 3.04. The molecule has 2 rings (SSSR count). The average Bonchev–Trinajstić information content (AvgIpc) is 2.76. The van der Waals surface area contributed by atoms with Crippen molar-refractivity contribution in [3.05, 3.63) is 23.2 Å². The number of benzene rings is 1. The molecule has 4 nitrogen and oxygen atoms in total. The van der Waals surface area contributed by atoms with Gasteiger partial charge in [-0.25, -0.2) is 0 Å². The molecule has 1 N–H and O–H groups in total. The van der Waals surface area contributed by atoms with Crippen LogP contribution in [0.1, 0.15) is 25.7 Å². The maximum Gasteiger partial charge on any atom is 0.387 e. The molecule has 0 radical (unpaired) electrons. The van der Waals surface area contributed by atoms with Gasteiger partial charge in [-0.3, -0.25) is 4.79 Å². The number of carbonyl (C=O) groups is 1. The lowest BCUT2D eigenvalue weighted by atomic mass is 10.2. The summed E-state index contributed by atoms with van der Waals surface area (Å²) in [6, 6.07) is 4.38. The Kier molecular flexibility index (Phi) is 6.24. The molecule has 1 amide bonds. The summed E-state index contributed by atoms with van der Waals surface area (Å²) in [7, 11) is 0. The zero-order chi connectivity index (χ0) is 15.9. The van der Waals surface area contributed by atoms with Gasteiger partial charge in [-0.15, -0.1) is 0 Å². The summed E-state index contributed by atoms with van der Waals surface area (Å²) in [6.45, 7) is -1.17. The highest BCUT2D eigenvalue weighted by Gasteiger charge is 2.15. The Labute approximate surface area is 133 Å². The normalized spacial score (nSPS) is 15.5. The second-order valence-electron chi connectivity index (χ2n) is 5.17. The van der Waals surface area contributed by atoms with E-state index in [9.17, 15) is 13.6 Å². The van der Waals surface area contributed by atoms with Crippen LogP contribution in [0.25, 0.3) is 0 Å². The predicted molar refractivity (Wildman–Crippen MR) is 81.6 cm³/mol. The van der Waals surface area contributed by atoms with Crippen LogP contribution < -0.4 is 10.1 Å². The van der Waals surface area contributed by atoms with Crippen molar-refractivity contribution in [1.82, 2.24) is 4.90 Å². The Bertz CT molecular complexity index is 506. The highest BCUT2D eigenvalue weighted by Crippen LogP contribution is 2.28. The number of alkyl halides is 2. The van der Waals surface area contributed by atoms with Crippen LogP contribution in [0, 0.1) is 0 Å². The molecule has 1 saturated heterocycles. The van der Waals surface area contributed by atoms with Gasteiger partial charge in [0.05, 0.1) is 11.6 Å². The maximum atomic E-state index is 12.1. The molecule has 1 aliphatic heterocycles. The van der Waals surface area contributed by atoms with Crippen molar-refractivity contribution in [2.45, 2.75) is 32.3 Å². The summed E-state index contributed by atoms with van der Waals surface area (Å²) in [6.07, 6.45) is 4.41. The Morgan fingerprint density at radius 2 is 1.95 bits per heavy atom. The van der Waals surface area contributed by atoms with E-state index in [1.807, 2.05) is 4.90 Å². The van der Waals surface area contributed by atoms with Crippen LogP contribution in [-0.2, 0) is 4.79 Å². The van der Waals surface area contributed by atoms with E-state index in [0.29, 0.717) is 5.69 Å². The van der Waals surface area contributed by atoms with E-state index in [2.05, 4.69) is 10.1 Å². The topological polar surface area (TPSA) is 41.6 Å². The van der Waals surface area contributed by atoms with Crippen LogP contribution in [0.2, 0.25) is 5.02 Å². The number of nitrogens with one attached hydrogen (secondary N) is 1. The molecule has 1 fully saturated rings. The van der Waals surface area contributed by atoms with Crippen molar-refractivity contribution >= 4 is 23.2 Å². The van der Waals surface area contributed by atoms with E-state index in [1.54, 1.807) is 6.07 Å². The summed E-state index contributed by atoms with van der Waals surface area (Å²) in [5.41, 5.74) is 0.592. The fourth-order valence-electron chi connectivity index (χ4n) is 2.41.